The molecule has 2 aliphatic carbocycles. The van der Waals surface area contributed by atoms with Gasteiger partial charge < -0.3 is 35.4 Å². The zero-order valence-electron chi connectivity index (χ0n) is 21.5. The summed E-state index contributed by atoms with van der Waals surface area (Å²) < 4.78 is 5.95. The van der Waals surface area contributed by atoms with Gasteiger partial charge in [-0.1, -0.05) is 36.5 Å². The van der Waals surface area contributed by atoms with Crippen molar-refractivity contribution in [2.45, 2.75) is 58.0 Å². The third kappa shape index (κ3) is 3.93. The minimum absolute atomic E-state index is 0.162. The van der Waals surface area contributed by atoms with Crippen LogP contribution >= 0.6 is 0 Å². The Morgan fingerprint density at radius 3 is 2.19 bits per heavy atom. The monoisotopic (exact) mass is 514 g/mol. The SMILES string of the molecule is CC=CC=CC(O)=C1CC(C)(O)C2(O)OC3(C)C(=O)C(C)=C(O)C(=C(O)C=CC=CCO)C3C2(C)C1=O. The van der Waals surface area contributed by atoms with Gasteiger partial charge >= 0.3 is 0 Å². The van der Waals surface area contributed by atoms with E-state index < -0.39 is 63.6 Å². The molecule has 2 fully saturated rings. The molecule has 0 bridgehead atoms. The lowest BCUT2D eigenvalue weighted by atomic mass is 9.52. The quantitative estimate of drug-likeness (QED) is 0.184. The van der Waals surface area contributed by atoms with E-state index in [2.05, 4.69) is 0 Å². The molecule has 1 heterocycles. The van der Waals surface area contributed by atoms with Crippen LogP contribution in [0.4, 0.5) is 0 Å². The molecule has 5 unspecified atom stereocenters. The van der Waals surface area contributed by atoms with E-state index in [-0.39, 0.29) is 23.3 Å². The van der Waals surface area contributed by atoms with Gasteiger partial charge in [0.2, 0.25) is 5.79 Å². The summed E-state index contributed by atoms with van der Waals surface area (Å²) in [5.41, 5.74) is -6.87. The van der Waals surface area contributed by atoms with Crippen molar-refractivity contribution >= 4 is 11.6 Å². The fourth-order valence-electron chi connectivity index (χ4n) is 5.80. The number of hydrogen-bond acceptors (Lipinski definition) is 9. The molecule has 1 aliphatic heterocycles. The molecule has 9 nitrogen and oxygen atoms in total. The van der Waals surface area contributed by atoms with E-state index in [1.165, 1.54) is 64.2 Å². The number of hydrogen-bond donors (Lipinski definition) is 6. The van der Waals surface area contributed by atoms with Crippen LogP contribution in [0.1, 0.15) is 41.0 Å². The van der Waals surface area contributed by atoms with Gasteiger partial charge in [-0.25, -0.2) is 0 Å². The van der Waals surface area contributed by atoms with Crippen molar-refractivity contribution in [2.75, 3.05) is 6.61 Å². The van der Waals surface area contributed by atoms with E-state index in [9.17, 15) is 35.1 Å². The van der Waals surface area contributed by atoms with Crippen molar-refractivity contribution in [1.29, 1.82) is 0 Å². The number of ketones is 2. The molecule has 0 spiro atoms. The minimum Gasteiger partial charge on any atom is -0.508 e. The standard InChI is InChI=1S/C28H34O9/c1-6-7-9-12-18(30)17-15-25(3,35)28(36)26(4,24(17)34)22-20(19(31)13-10-8-11-14-29)21(32)16(2)23(33)27(22,5)37-28/h6-13,22,29-32,35-36H,14-15H2,1-5H3. The van der Waals surface area contributed by atoms with Crippen LogP contribution in [0.3, 0.4) is 0 Å². The first-order chi connectivity index (χ1) is 17.2. The first-order valence-electron chi connectivity index (χ1n) is 11.9. The lowest BCUT2D eigenvalue weighted by Crippen LogP contribution is -2.68. The lowest BCUT2D eigenvalue weighted by Gasteiger charge is -2.51. The molecule has 0 amide bonds. The van der Waals surface area contributed by atoms with E-state index in [4.69, 9.17) is 9.84 Å². The summed E-state index contributed by atoms with van der Waals surface area (Å²) in [4.78, 5) is 27.5. The zero-order valence-corrected chi connectivity index (χ0v) is 21.5. The van der Waals surface area contributed by atoms with Gasteiger partial charge in [0.15, 0.2) is 11.6 Å². The van der Waals surface area contributed by atoms with Crippen molar-refractivity contribution < 1.29 is 45.0 Å². The molecule has 0 aromatic rings. The third-order valence-corrected chi connectivity index (χ3v) is 7.63. The maximum absolute atomic E-state index is 14.1. The molecule has 5 atom stereocenters. The number of carbonyl (C=O) groups excluding carboxylic acids is 2. The number of ether oxygens (including phenoxy) is 1. The van der Waals surface area contributed by atoms with Gasteiger partial charge in [0.1, 0.15) is 28.5 Å². The lowest BCUT2D eigenvalue weighted by molar-refractivity contribution is -0.326. The number of carbonyl (C=O) groups is 2. The van der Waals surface area contributed by atoms with Crippen molar-refractivity contribution in [3.05, 3.63) is 82.6 Å². The first-order valence-corrected chi connectivity index (χ1v) is 11.9. The molecule has 0 aromatic carbocycles. The van der Waals surface area contributed by atoms with Crippen LogP contribution < -0.4 is 0 Å². The Balaban J connectivity index is 2.38. The number of aliphatic hydroxyl groups is 6. The number of Topliss-reactive ketones (excluding diaryl/α,β-unsaturated/α-hetero) is 2. The highest BCUT2D eigenvalue weighted by molar-refractivity contribution is 6.09. The highest BCUT2D eigenvalue weighted by Crippen LogP contribution is 2.67. The number of aliphatic hydroxyl groups excluding tert-OH is 4. The van der Waals surface area contributed by atoms with Crippen LogP contribution in [-0.2, 0) is 14.3 Å². The van der Waals surface area contributed by atoms with E-state index >= 15 is 0 Å². The molecule has 6 N–H and O–H groups in total. The van der Waals surface area contributed by atoms with Crippen LogP contribution in [0, 0.1) is 11.3 Å². The Labute approximate surface area is 215 Å². The fraction of sp³-hybridized carbons (Fsp3) is 0.429. The maximum Gasteiger partial charge on any atom is 0.209 e. The Hall–Kier alpha value is -3.24. The van der Waals surface area contributed by atoms with Crippen molar-refractivity contribution in [3.63, 3.8) is 0 Å². The third-order valence-electron chi connectivity index (χ3n) is 7.63. The normalized spacial score (nSPS) is 39.4. The molecule has 0 aromatic heterocycles. The average molecular weight is 515 g/mol. The van der Waals surface area contributed by atoms with Crippen LogP contribution in [-0.4, -0.2) is 65.8 Å². The predicted octanol–water partition coefficient (Wildman–Crippen LogP) is 3.09. The number of allylic oxidation sites excluding steroid dienone is 8. The summed E-state index contributed by atoms with van der Waals surface area (Å²) in [7, 11) is 0. The van der Waals surface area contributed by atoms with Crippen molar-refractivity contribution in [2.24, 2.45) is 11.3 Å². The molecule has 3 aliphatic rings. The van der Waals surface area contributed by atoms with Crippen molar-refractivity contribution in [3.8, 4) is 0 Å². The Morgan fingerprint density at radius 1 is 1.00 bits per heavy atom. The molecule has 9 heteroatoms. The predicted molar refractivity (Wildman–Crippen MR) is 135 cm³/mol. The summed E-state index contributed by atoms with van der Waals surface area (Å²) in [6.45, 7) is 6.69. The van der Waals surface area contributed by atoms with Gasteiger partial charge in [-0.3, -0.25) is 9.59 Å². The molecule has 200 valence electrons. The molecule has 3 rings (SSSR count). The number of fused-ring (bicyclic) bond motifs is 3. The maximum atomic E-state index is 14.1. The molecular formula is C28H34O9. The Kier molecular flexibility index (Phi) is 7.33. The second kappa shape index (κ2) is 9.57. The van der Waals surface area contributed by atoms with Crippen LogP contribution in [0.25, 0.3) is 0 Å². The summed E-state index contributed by atoms with van der Waals surface area (Å²) in [6, 6.07) is 0. The van der Waals surface area contributed by atoms with E-state index in [1.807, 2.05) is 0 Å². The van der Waals surface area contributed by atoms with Gasteiger partial charge in [0.05, 0.1) is 12.0 Å². The molecule has 1 saturated heterocycles. The number of rotatable bonds is 5. The molecule has 37 heavy (non-hydrogen) atoms. The highest BCUT2D eigenvalue weighted by Gasteiger charge is 2.81. The van der Waals surface area contributed by atoms with E-state index in [0.717, 1.165) is 0 Å². The average Bonchev–Trinajstić information content (AvgIpc) is 3.04. The molecular weight excluding hydrogens is 480 g/mol. The van der Waals surface area contributed by atoms with Crippen LogP contribution in [0.15, 0.2) is 82.6 Å². The summed E-state index contributed by atoms with van der Waals surface area (Å²) >= 11 is 0. The Bertz CT molecular complexity index is 1230. The zero-order chi connectivity index (χ0) is 28.0. The van der Waals surface area contributed by atoms with Crippen LogP contribution in [0.5, 0.6) is 0 Å². The smallest absolute Gasteiger partial charge is 0.209 e. The largest absolute Gasteiger partial charge is 0.508 e. The van der Waals surface area contributed by atoms with Gasteiger partial charge in [-0.15, -0.1) is 0 Å². The second-order valence-corrected chi connectivity index (χ2v) is 10.1. The molecule has 1 saturated carbocycles. The van der Waals surface area contributed by atoms with Gasteiger partial charge in [0, 0.05) is 29.1 Å². The van der Waals surface area contributed by atoms with Gasteiger partial charge in [0.25, 0.3) is 0 Å². The van der Waals surface area contributed by atoms with Gasteiger partial charge in [-0.05, 0) is 46.8 Å². The minimum atomic E-state index is -2.64. The van der Waals surface area contributed by atoms with Crippen LogP contribution in [0.2, 0.25) is 0 Å². The van der Waals surface area contributed by atoms with Gasteiger partial charge in [-0.2, -0.15) is 0 Å². The Morgan fingerprint density at radius 2 is 1.59 bits per heavy atom. The molecule has 0 radical (unpaired) electrons. The van der Waals surface area contributed by atoms with Crippen molar-refractivity contribution in [1.82, 2.24) is 0 Å². The van der Waals surface area contributed by atoms with E-state index in [1.54, 1.807) is 19.1 Å². The summed E-state index contributed by atoms with van der Waals surface area (Å²) in [5, 5.41) is 65.1. The topological polar surface area (TPSA) is 165 Å². The summed E-state index contributed by atoms with van der Waals surface area (Å²) in [5.74, 6) is -7.19. The van der Waals surface area contributed by atoms with E-state index in [0.29, 0.717) is 0 Å². The second-order valence-electron chi connectivity index (χ2n) is 10.1. The first kappa shape index (κ1) is 28.3. The summed E-state index contributed by atoms with van der Waals surface area (Å²) in [6.07, 6.45) is 11.0. The fourth-order valence-corrected chi connectivity index (χ4v) is 5.80. The highest BCUT2D eigenvalue weighted by atomic mass is 16.7.